The van der Waals surface area contributed by atoms with Gasteiger partial charge in [-0.2, -0.15) is 15.6 Å². The Kier molecular flexibility index (Phi) is 19.3. The summed E-state index contributed by atoms with van der Waals surface area (Å²) in [4.78, 5) is 6.28. The third kappa shape index (κ3) is 11.0. The predicted molar refractivity (Wildman–Crippen MR) is 173 cm³/mol. The molecule has 0 atom stereocenters. The molecule has 0 saturated carbocycles. The molecule has 0 radical (unpaired) electrons. The Labute approximate surface area is 323 Å². The number of anilines is 1. The summed E-state index contributed by atoms with van der Waals surface area (Å²) in [6.45, 7) is 13.9. The first kappa shape index (κ1) is 42.9. The molecule has 0 aliphatic carbocycles. The van der Waals surface area contributed by atoms with Gasteiger partial charge in [0, 0.05) is 6.42 Å². The maximum Gasteiger partial charge on any atom is 1.00 e. The number of aromatic nitrogens is 4. The molecule has 2 aromatic carbocycles. The first-order valence-corrected chi connectivity index (χ1v) is 14.1. The molecule has 0 amide bonds. The van der Waals surface area contributed by atoms with Crippen LogP contribution < -0.4 is 35.3 Å². The van der Waals surface area contributed by atoms with Crippen molar-refractivity contribution in [1.82, 2.24) is 20.4 Å². The van der Waals surface area contributed by atoms with Crippen molar-refractivity contribution in [3.05, 3.63) is 115 Å². The van der Waals surface area contributed by atoms with Gasteiger partial charge < -0.3 is 11.2 Å². The molecular formula is C25H9Cl9N9NaO. The van der Waals surface area contributed by atoms with Crippen LogP contribution in [0.1, 0.15) is 22.4 Å². The zero-order valence-electron chi connectivity index (χ0n) is 22.0. The van der Waals surface area contributed by atoms with Gasteiger partial charge in [0.15, 0.2) is 10.3 Å². The fourth-order valence-corrected chi connectivity index (χ4v) is 4.95. The van der Waals surface area contributed by atoms with Gasteiger partial charge in [-0.1, -0.05) is 104 Å². The molecule has 2 aromatic heterocycles. The maximum absolute atomic E-state index is 9.26. The van der Waals surface area contributed by atoms with E-state index in [-0.39, 0.29) is 104 Å². The van der Waals surface area contributed by atoms with Crippen LogP contribution in [-0.2, 0) is 6.42 Å². The summed E-state index contributed by atoms with van der Waals surface area (Å²) in [6, 6.07) is 10.1. The van der Waals surface area contributed by atoms with Crippen molar-refractivity contribution in [2.75, 3.05) is 5.73 Å². The first-order valence-electron chi connectivity index (χ1n) is 10.7. The molecule has 20 heteroatoms. The molecule has 45 heavy (non-hydrogen) atoms. The van der Waals surface area contributed by atoms with Gasteiger partial charge in [0.05, 0.1) is 71.2 Å². The van der Waals surface area contributed by atoms with Crippen LogP contribution in [0.2, 0.25) is 45.5 Å². The Hall–Kier alpha value is -2.07. The number of benzene rings is 2. The van der Waals surface area contributed by atoms with E-state index in [1.54, 1.807) is 30.3 Å². The molecule has 224 valence electrons. The number of hydrogen-bond acceptors (Lipinski definition) is 8. The average molecular weight is 793 g/mol. The summed E-state index contributed by atoms with van der Waals surface area (Å²) in [7, 11) is 0. The third-order valence-corrected chi connectivity index (χ3v) is 8.12. The molecule has 10 nitrogen and oxygen atoms in total. The zero-order chi connectivity index (χ0) is 32.4. The molecule has 0 aliphatic heterocycles. The van der Waals surface area contributed by atoms with Gasteiger partial charge in [0.1, 0.15) is 11.9 Å². The van der Waals surface area contributed by atoms with E-state index in [9.17, 15) is 5.26 Å². The van der Waals surface area contributed by atoms with Crippen LogP contribution in [0.4, 0.5) is 17.2 Å². The number of rotatable bonds is 2. The van der Waals surface area contributed by atoms with E-state index in [2.05, 4.69) is 30.1 Å². The van der Waals surface area contributed by atoms with E-state index in [4.69, 9.17) is 129 Å². The second-order valence-corrected chi connectivity index (χ2v) is 10.8. The van der Waals surface area contributed by atoms with Gasteiger partial charge in [-0.05, 0) is 29.8 Å². The fourth-order valence-electron chi connectivity index (χ4n) is 2.84. The second-order valence-electron chi connectivity index (χ2n) is 7.38. The zero-order valence-corrected chi connectivity index (χ0v) is 30.8. The quantitative estimate of drug-likeness (QED) is 0.0952. The smallest absolute Gasteiger partial charge is 0.870 e. The molecule has 0 saturated heterocycles. The Morgan fingerprint density at radius 3 is 1.49 bits per heavy atom. The van der Waals surface area contributed by atoms with Crippen molar-refractivity contribution in [3.8, 4) is 12.1 Å². The Bertz CT molecular complexity index is 1790. The molecule has 2 heterocycles. The summed E-state index contributed by atoms with van der Waals surface area (Å²) in [5.74, 6) is 0.384. The van der Waals surface area contributed by atoms with E-state index in [0.29, 0.717) is 22.2 Å². The van der Waals surface area contributed by atoms with Crippen molar-refractivity contribution in [2.24, 2.45) is 0 Å². The summed E-state index contributed by atoms with van der Waals surface area (Å²) < 4.78 is 0. The first-order chi connectivity index (χ1) is 20.3. The van der Waals surface area contributed by atoms with Crippen molar-refractivity contribution in [1.29, 1.82) is 10.5 Å². The molecular weight excluding hydrogens is 784 g/mol. The van der Waals surface area contributed by atoms with Gasteiger partial charge in [0.2, 0.25) is 11.4 Å². The fraction of sp³-hybridized carbons (Fsp3) is 0.0400. The molecule has 0 fully saturated rings. The SMILES string of the molecule is Nc1ccc(Cl)nn1.[C-]#[N+]c1c(Cl)c(Cl)c(Cc2ccc(Cl)nn2)c(C#N)c1Cl.[C-]#[N+]c1c(Cl)c(Cl)c(Cl)c(C#N)c1Cl.[Na+].[OH-]. The summed E-state index contributed by atoms with van der Waals surface area (Å²) >= 11 is 52.1. The summed E-state index contributed by atoms with van der Waals surface area (Å²) in [6.07, 6.45) is 0.198. The number of halogens is 9. The molecule has 4 rings (SSSR count). The number of nitrogens with zero attached hydrogens (tertiary/aromatic N) is 8. The van der Waals surface area contributed by atoms with E-state index in [1.807, 2.05) is 6.07 Å². The van der Waals surface area contributed by atoms with Crippen LogP contribution in [0.15, 0.2) is 24.3 Å². The Morgan fingerprint density at radius 1 is 0.622 bits per heavy atom. The maximum atomic E-state index is 9.26. The molecule has 4 aromatic rings. The van der Waals surface area contributed by atoms with Gasteiger partial charge in [-0.3, -0.25) is 0 Å². The molecule has 0 bridgehead atoms. The summed E-state index contributed by atoms with van der Waals surface area (Å²) in [5.41, 5.74) is 6.12. The van der Waals surface area contributed by atoms with Crippen LogP contribution in [0.3, 0.4) is 0 Å². The minimum atomic E-state index is -0.0677. The van der Waals surface area contributed by atoms with Crippen LogP contribution in [0.25, 0.3) is 9.69 Å². The largest absolute Gasteiger partial charge is 1.00 e. The molecule has 0 spiro atoms. The van der Waals surface area contributed by atoms with E-state index in [1.165, 1.54) is 0 Å². The normalized spacial score (nSPS) is 9.18. The Morgan fingerprint density at radius 2 is 1.09 bits per heavy atom. The van der Waals surface area contributed by atoms with Crippen LogP contribution in [0.5, 0.6) is 0 Å². The second kappa shape index (κ2) is 20.2. The van der Waals surface area contributed by atoms with Gasteiger partial charge in [-0.25, -0.2) is 9.69 Å². The van der Waals surface area contributed by atoms with Gasteiger partial charge in [-0.15, -0.1) is 15.3 Å². The number of hydrogen-bond donors (Lipinski definition) is 1. The van der Waals surface area contributed by atoms with Crippen LogP contribution in [0, 0.1) is 35.8 Å². The van der Waals surface area contributed by atoms with Gasteiger partial charge in [0.25, 0.3) is 0 Å². The standard InChI is InChI=1S/C13H4Cl4N4.C8Cl4N2.C4H4ClN3.Na.H2O/c1-19-13-11(16)8(5-18)7(10(15)12(13)17)4-6-2-3-9(14)21-20-6;1-14-8-5(10)3(2-13)4(9)6(11)7(8)12;5-3-1-2-4(6)8-7-3;;/h2-3H,4H2;;1-2H,(H2,6,8);;1H2/q;;;+1;/p-1. The topological polar surface area (TPSA) is 164 Å². The van der Waals surface area contributed by atoms with E-state index < -0.39 is 0 Å². The Balaban J connectivity index is 0.000000697. The predicted octanol–water partition coefficient (Wildman–Crippen LogP) is 7.37. The molecule has 0 unspecified atom stereocenters. The van der Waals surface area contributed by atoms with Crippen LogP contribution >= 0.6 is 104 Å². The molecule has 3 N–H and O–H groups in total. The van der Waals surface area contributed by atoms with Crippen molar-refractivity contribution in [3.63, 3.8) is 0 Å². The molecule has 0 aliphatic rings. The van der Waals surface area contributed by atoms with Crippen molar-refractivity contribution < 1.29 is 35.0 Å². The van der Waals surface area contributed by atoms with Crippen molar-refractivity contribution in [2.45, 2.75) is 6.42 Å². The monoisotopic (exact) mass is 789 g/mol. The van der Waals surface area contributed by atoms with E-state index in [0.717, 1.165) is 0 Å². The van der Waals surface area contributed by atoms with Crippen LogP contribution in [-0.4, -0.2) is 25.9 Å². The number of nitrogens with two attached hydrogens (primary N) is 1. The minimum Gasteiger partial charge on any atom is -0.870 e. The summed E-state index contributed by atoms with van der Waals surface area (Å²) in [5, 5.41) is 33.1. The number of nitrogen functional groups attached to an aromatic ring is 1. The minimum absolute atomic E-state index is 0. The van der Waals surface area contributed by atoms with Crippen molar-refractivity contribution >= 4 is 122 Å². The third-order valence-electron chi connectivity index (χ3n) is 4.78. The average Bonchev–Trinajstić information content (AvgIpc) is 2.99. The van der Waals surface area contributed by atoms with Gasteiger partial charge >= 0.3 is 29.6 Å². The van der Waals surface area contributed by atoms with E-state index >= 15 is 0 Å². The number of nitriles is 2.